The Hall–Kier alpha value is -3.12. The van der Waals surface area contributed by atoms with Crippen molar-refractivity contribution in [2.45, 2.75) is 6.54 Å². The molecule has 4 rings (SSSR count). The Balaban J connectivity index is 1.82. The van der Waals surface area contributed by atoms with Gasteiger partial charge in [0, 0.05) is 28.5 Å². The molecule has 1 aromatic carbocycles. The zero-order valence-corrected chi connectivity index (χ0v) is 13.7. The van der Waals surface area contributed by atoms with E-state index >= 15 is 0 Å². The number of nitrogens with one attached hydrogen (secondary N) is 2. The molecule has 3 N–H and O–H groups in total. The summed E-state index contributed by atoms with van der Waals surface area (Å²) in [5, 5.41) is 14.8. The van der Waals surface area contributed by atoms with Gasteiger partial charge in [-0.05, 0) is 29.8 Å². The Morgan fingerprint density at radius 2 is 2.12 bits per heavy atom. The van der Waals surface area contributed by atoms with Crippen molar-refractivity contribution in [3.8, 4) is 0 Å². The lowest BCUT2D eigenvalue weighted by Crippen LogP contribution is -2.03. The third-order valence-electron chi connectivity index (χ3n) is 3.96. The first-order valence-corrected chi connectivity index (χ1v) is 7.97. The van der Waals surface area contributed by atoms with E-state index in [1.807, 2.05) is 30.3 Å². The van der Waals surface area contributed by atoms with E-state index in [4.69, 9.17) is 11.6 Å². The maximum Gasteiger partial charge on any atom is 0.352 e. The number of benzene rings is 1. The van der Waals surface area contributed by atoms with Crippen molar-refractivity contribution in [1.29, 1.82) is 0 Å². The number of carboxylic acid groups (broad SMARTS) is 1. The van der Waals surface area contributed by atoms with Crippen LogP contribution in [0.5, 0.6) is 0 Å². The van der Waals surface area contributed by atoms with Crippen molar-refractivity contribution in [3.05, 3.63) is 65.1 Å². The first-order chi connectivity index (χ1) is 12.1. The molecule has 0 unspecified atom stereocenters. The van der Waals surface area contributed by atoms with Gasteiger partial charge in [0.25, 0.3) is 0 Å². The number of rotatable bonds is 4. The number of carbonyl (C=O) groups is 1. The first-order valence-electron chi connectivity index (χ1n) is 7.60. The number of aromatic amines is 1. The van der Waals surface area contributed by atoms with E-state index in [-0.39, 0.29) is 5.69 Å². The molecule has 7 heteroatoms. The fraction of sp³-hybridized carbons (Fsp3) is 0.0556. The molecule has 0 aliphatic heterocycles. The number of aromatic nitrogens is 3. The maximum absolute atomic E-state index is 11.3. The summed E-state index contributed by atoms with van der Waals surface area (Å²) in [7, 11) is 0. The quantitative estimate of drug-likeness (QED) is 0.515. The highest BCUT2D eigenvalue weighted by molar-refractivity contribution is 6.30. The van der Waals surface area contributed by atoms with Crippen LogP contribution in [-0.4, -0.2) is 26.0 Å². The van der Waals surface area contributed by atoms with E-state index in [9.17, 15) is 9.90 Å². The number of anilines is 1. The van der Waals surface area contributed by atoms with Crippen LogP contribution < -0.4 is 5.32 Å². The van der Waals surface area contributed by atoms with Gasteiger partial charge in [0.1, 0.15) is 5.69 Å². The maximum atomic E-state index is 11.3. The van der Waals surface area contributed by atoms with Gasteiger partial charge in [-0.1, -0.05) is 23.7 Å². The summed E-state index contributed by atoms with van der Waals surface area (Å²) in [4.78, 5) is 22.9. The van der Waals surface area contributed by atoms with Gasteiger partial charge in [-0.15, -0.1) is 0 Å². The van der Waals surface area contributed by atoms with E-state index in [1.165, 1.54) is 0 Å². The van der Waals surface area contributed by atoms with E-state index in [1.54, 1.807) is 18.5 Å². The number of nitrogens with zero attached hydrogens (tertiary/aromatic N) is 2. The van der Waals surface area contributed by atoms with Gasteiger partial charge in [-0.3, -0.25) is 4.98 Å². The van der Waals surface area contributed by atoms with Gasteiger partial charge in [0.15, 0.2) is 5.82 Å². The summed E-state index contributed by atoms with van der Waals surface area (Å²) >= 11 is 6.01. The number of fused-ring (bicyclic) bond motifs is 3. The summed E-state index contributed by atoms with van der Waals surface area (Å²) in [5.41, 5.74) is 2.46. The van der Waals surface area contributed by atoms with Gasteiger partial charge >= 0.3 is 5.97 Å². The molecule has 0 atom stereocenters. The molecule has 6 nitrogen and oxygen atoms in total. The summed E-state index contributed by atoms with van der Waals surface area (Å²) < 4.78 is 0. The summed E-state index contributed by atoms with van der Waals surface area (Å²) in [5.74, 6) is -0.442. The van der Waals surface area contributed by atoms with Crippen molar-refractivity contribution in [3.63, 3.8) is 0 Å². The van der Waals surface area contributed by atoms with Gasteiger partial charge in [-0.25, -0.2) is 9.78 Å². The van der Waals surface area contributed by atoms with Crippen LogP contribution in [0.15, 0.2) is 48.8 Å². The second kappa shape index (κ2) is 6.07. The molecular weight excluding hydrogens is 340 g/mol. The van der Waals surface area contributed by atoms with Gasteiger partial charge in [0.05, 0.1) is 17.2 Å². The molecule has 0 radical (unpaired) electrons. The first kappa shape index (κ1) is 15.4. The minimum absolute atomic E-state index is 0.118. The number of H-pyrrole nitrogens is 1. The molecule has 0 saturated heterocycles. The lowest BCUT2D eigenvalue weighted by atomic mass is 10.1. The van der Waals surface area contributed by atoms with Crippen LogP contribution in [0, 0.1) is 0 Å². The van der Waals surface area contributed by atoms with E-state index in [0.717, 1.165) is 16.3 Å². The minimum Gasteiger partial charge on any atom is -0.477 e. The average Bonchev–Trinajstić information content (AvgIpc) is 3.06. The van der Waals surface area contributed by atoms with Crippen molar-refractivity contribution >= 4 is 45.2 Å². The molecule has 25 heavy (non-hydrogen) atoms. The van der Waals surface area contributed by atoms with Crippen molar-refractivity contribution < 1.29 is 9.90 Å². The molecule has 0 bridgehead atoms. The minimum atomic E-state index is -1.01. The smallest absolute Gasteiger partial charge is 0.352 e. The third-order valence-corrected chi connectivity index (χ3v) is 4.19. The number of carboxylic acids is 1. The standard InChI is InChI=1S/C18H13ClN4O2/c19-11-3-1-2-10(6-11)8-21-17-16-13(7-14(22-16)18(24)25)12-4-5-20-9-15(12)23-17/h1-7,9,22H,8H2,(H,21,23)(H,24,25). The Labute approximate surface area is 147 Å². The van der Waals surface area contributed by atoms with Crippen LogP contribution in [0.4, 0.5) is 5.82 Å². The average molecular weight is 353 g/mol. The third kappa shape index (κ3) is 2.88. The molecule has 4 aromatic rings. The van der Waals surface area contributed by atoms with E-state index in [0.29, 0.717) is 28.4 Å². The predicted octanol–water partition coefficient (Wildman–Crippen LogP) is 4.07. The largest absolute Gasteiger partial charge is 0.477 e. The SMILES string of the molecule is O=C(O)c1cc2c([nH]1)c(NCc1cccc(Cl)c1)nc1cnccc12. The number of halogens is 1. The monoisotopic (exact) mass is 352 g/mol. The topological polar surface area (TPSA) is 90.9 Å². The van der Waals surface area contributed by atoms with Crippen molar-refractivity contribution in [2.75, 3.05) is 5.32 Å². The molecule has 0 amide bonds. The number of aromatic carboxylic acids is 1. The van der Waals surface area contributed by atoms with Crippen LogP contribution in [0.1, 0.15) is 16.1 Å². The van der Waals surface area contributed by atoms with Crippen LogP contribution in [0.25, 0.3) is 21.8 Å². The summed E-state index contributed by atoms with van der Waals surface area (Å²) in [6.07, 6.45) is 3.32. The lowest BCUT2D eigenvalue weighted by Gasteiger charge is -2.09. The molecule has 0 spiro atoms. The Morgan fingerprint density at radius 3 is 2.92 bits per heavy atom. The van der Waals surface area contributed by atoms with Gasteiger partial charge in [0.2, 0.25) is 0 Å². The van der Waals surface area contributed by atoms with E-state index < -0.39 is 5.97 Å². The molecule has 0 fully saturated rings. The second-order valence-corrected chi connectivity index (χ2v) is 6.05. The van der Waals surface area contributed by atoms with Crippen LogP contribution in [0.3, 0.4) is 0 Å². The molecule has 0 aliphatic carbocycles. The summed E-state index contributed by atoms with van der Waals surface area (Å²) in [6.45, 7) is 0.510. The Morgan fingerprint density at radius 1 is 1.24 bits per heavy atom. The van der Waals surface area contributed by atoms with Crippen LogP contribution >= 0.6 is 11.6 Å². The predicted molar refractivity (Wildman–Crippen MR) is 97.1 cm³/mol. The molecule has 0 saturated carbocycles. The summed E-state index contributed by atoms with van der Waals surface area (Å²) in [6, 6.07) is 11.0. The van der Waals surface area contributed by atoms with Crippen LogP contribution in [0.2, 0.25) is 5.02 Å². The zero-order chi connectivity index (χ0) is 17.4. The highest BCUT2D eigenvalue weighted by Crippen LogP contribution is 2.29. The van der Waals surface area contributed by atoms with Crippen LogP contribution in [-0.2, 0) is 6.54 Å². The van der Waals surface area contributed by atoms with Crippen molar-refractivity contribution in [1.82, 2.24) is 15.0 Å². The van der Waals surface area contributed by atoms with Gasteiger partial charge in [-0.2, -0.15) is 0 Å². The number of pyridine rings is 2. The Bertz CT molecular complexity index is 1110. The highest BCUT2D eigenvalue weighted by atomic mass is 35.5. The molecule has 124 valence electrons. The highest BCUT2D eigenvalue weighted by Gasteiger charge is 2.15. The molecule has 3 heterocycles. The molecular formula is C18H13ClN4O2. The Kier molecular flexibility index (Phi) is 3.74. The fourth-order valence-corrected chi connectivity index (χ4v) is 3.02. The normalized spacial score (nSPS) is 11.1. The molecule has 0 aliphatic rings. The number of hydrogen-bond acceptors (Lipinski definition) is 4. The van der Waals surface area contributed by atoms with Crippen molar-refractivity contribution in [2.24, 2.45) is 0 Å². The molecule has 3 aromatic heterocycles. The zero-order valence-electron chi connectivity index (χ0n) is 13.0. The number of hydrogen-bond donors (Lipinski definition) is 3. The fourth-order valence-electron chi connectivity index (χ4n) is 2.81. The van der Waals surface area contributed by atoms with Gasteiger partial charge < -0.3 is 15.4 Å². The van der Waals surface area contributed by atoms with E-state index in [2.05, 4.69) is 20.3 Å². The second-order valence-electron chi connectivity index (χ2n) is 5.61. The lowest BCUT2D eigenvalue weighted by molar-refractivity contribution is 0.0691.